The maximum Gasteiger partial charge on any atom is 0.244 e. The SMILES string of the molecule is COc1ccc(Cl)cc1S(=O)(=O)NCc1cccnc1-c1ccncc1. The highest BCUT2D eigenvalue weighted by molar-refractivity contribution is 7.89. The molecule has 0 saturated carbocycles. The number of rotatable bonds is 6. The Hall–Kier alpha value is -2.48. The lowest BCUT2D eigenvalue weighted by Gasteiger charge is -2.13. The molecule has 3 aromatic rings. The van der Waals surface area contributed by atoms with Crippen molar-refractivity contribution in [2.45, 2.75) is 11.4 Å². The number of hydrogen-bond acceptors (Lipinski definition) is 5. The van der Waals surface area contributed by atoms with Crippen LogP contribution in [0.3, 0.4) is 0 Å². The standard InChI is InChI=1S/C18H16ClN3O3S/c1-25-16-5-4-15(19)11-17(16)26(23,24)22-12-14-3-2-8-21-18(14)13-6-9-20-10-7-13/h2-11,22H,12H2,1H3. The van der Waals surface area contributed by atoms with Crippen LogP contribution in [0.5, 0.6) is 5.75 Å². The van der Waals surface area contributed by atoms with Gasteiger partial charge in [-0.05, 0) is 42.0 Å². The van der Waals surface area contributed by atoms with Gasteiger partial charge in [0.2, 0.25) is 10.0 Å². The van der Waals surface area contributed by atoms with Gasteiger partial charge in [-0.2, -0.15) is 0 Å². The van der Waals surface area contributed by atoms with E-state index in [9.17, 15) is 8.42 Å². The van der Waals surface area contributed by atoms with Gasteiger partial charge in [0.25, 0.3) is 0 Å². The molecule has 0 amide bonds. The second kappa shape index (κ2) is 7.82. The quantitative estimate of drug-likeness (QED) is 0.699. The fourth-order valence-corrected chi connectivity index (χ4v) is 3.90. The Kier molecular flexibility index (Phi) is 5.51. The molecule has 0 aliphatic heterocycles. The van der Waals surface area contributed by atoms with Crippen molar-refractivity contribution in [3.8, 4) is 17.0 Å². The lowest BCUT2D eigenvalue weighted by atomic mass is 10.1. The predicted octanol–water partition coefficient (Wildman–Crippen LogP) is 3.28. The Morgan fingerprint density at radius 3 is 2.62 bits per heavy atom. The molecular weight excluding hydrogens is 374 g/mol. The minimum Gasteiger partial charge on any atom is -0.495 e. The number of sulfonamides is 1. The zero-order valence-electron chi connectivity index (χ0n) is 13.9. The summed E-state index contributed by atoms with van der Waals surface area (Å²) in [6.45, 7) is 0.0729. The molecule has 1 aromatic carbocycles. The van der Waals surface area contributed by atoms with Crippen molar-refractivity contribution in [1.82, 2.24) is 14.7 Å². The molecular formula is C18H16ClN3O3S. The van der Waals surface area contributed by atoms with Gasteiger partial charge in [-0.25, -0.2) is 13.1 Å². The highest BCUT2D eigenvalue weighted by atomic mass is 35.5. The van der Waals surface area contributed by atoms with E-state index in [1.54, 1.807) is 30.7 Å². The number of benzene rings is 1. The molecule has 1 N–H and O–H groups in total. The third kappa shape index (κ3) is 4.01. The molecule has 134 valence electrons. The largest absolute Gasteiger partial charge is 0.495 e. The molecule has 3 rings (SSSR count). The summed E-state index contributed by atoms with van der Waals surface area (Å²) < 4.78 is 33.1. The number of ether oxygens (including phenoxy) is 1. The van der Waals surface area contributed by atoms with Gasteiger partial charge in [0.15, 0.2) is 0 Å². The van der Waals surface area contributed by atoms with E-state index >= 15 is 0 Å². The van der Waals surface area contributed by atoms with Crippen LogP contribution in [0, 0.1) is 0 Å². The first-order chi connectivity index (χ1) is 12.5. The van der Waals surface area contributed by atoms with Crippen molar-refractivity contribution in [3.63, 3.8) is 0 Å². The van der Waals surface area contributed by atoms with Crippen LogP contribution >= 0.6 is 11.6 Å². The first-order valence-corrected chi connectivity index (χ1v) is 9.55. The van der Waals surface area contributed by atoms with Gasteiger partial charge in [0.05, 0.1) is 12.8 Å². The number of methoxy groups -OCH3 is 1. The van der Waals surface area contributed by atoms with Crippen molar-refractivity contribution < 1.29 is 13.2 Å². The van der Waals surface area contributed by atoms with Crippen LogP contribution in [0.15, 0.2) is 66.0 Å². The third-order valence-corrected chi connectivity index (χ3v) is 5.37. The van der Waals surface area contributed by atoms with E-state index < -0.39 is 10.0 Å². The average molecular weight is 390 g/mol. The number of halogens is 1. The molecule has 0 fully saturated rings. The van der Waals surface area contributed by atoms with E-state index in [0.29, 0.717) is 10.7 Å². The highest BCUT2D eigenvalue weighted by Gasteiger charge is 2.20. The van der Waals surface area contributed by atoms with Crippen LogP contribution in [0.1, 0.15) is 5.56 Å². The summed E-state index contributed by atoms with van der Waals surface area (Å²) >= 11 is 5.94. The molecule has 0 aliphatic carbocycles. The summed E-state index contributed by atoms with van der Waals surface area (Å²) in [5, 5.41) is 0.310. The number of nitrogens with one attached hydrogen (secondary N) is 1. The van der Waals surface area contributed by atoms with Gasteiger partial charge < -0.3 is 4.74 Å². The van der Waals surface area contributed by atoms with Gasteiger partial charge in [0, 0.05) is 35.7 Å². The zero-order valence-corrected chi connectivity index (χ0v) is 15.5. The van der Waals surface area contributed by atoms with E-state index in [-0.39, 0.29) is 17.2 Å². The predicted molar refractivity (Wildman–Crippen MR) is 99.5 cm³/mol. The van der Waals surface area contributed by atoms with Crippen LogP contribution in [0.2, 0.25) is 5.02 Å². The van der Waals surface area contributed by atoms with Crippen molar-refractivity contribution in [2.24, 2.45) is 0 Å². The molecule has 26 heavy (non-hydrogen) atoms. The monoisotopic (exact) mass is 389 g/mol. The first-order valence-electron chi connectivity index (χ1n) is 7.69. The highest BCUT2D eigenvalue weighted by Crippen LogP contribution is 2.27. The van der Waals surface area contributed by atoms with E-state index in [0.717, 1.165) is 11.1 Å². The average Bonchev–Trinajstić information content (AvgIpc) is 2.67. The molecule has 0 atom stereocenters. The van der Waals surface area contributed by atoms with Crippen molar-refractivity contribution in [3.05, 3.63) is 71.6 Å². The summed E-state index contributed by atoms with van der Waals surface area (Å²) in [5.74, 6) is 0.224. The number of pyridine rings is 2. The van der Waals surface area contributed by atoms with E-state index in [4.69, 9.17) is 16.3 Å². The molecule has 0 unspecified atom stereocenters. The normalized spacial score (nSPS) is 11.3. The zero-order chi connectivity index (χ0) is 18.6. The third-order valence-electron chi connectivity index (χ3n) is 3.71. The van der Waals surface area contributed by atoms with Crippen molar-refractivity contribution in [2.75, 3.05) is 7.11 Å². The molecule has 8 heteroatoms. The molecule has 6 nitrogen and oxygen atoms in total. The molecule has 0 spiro atoms. The van der Waals surface area contributed by atoms with E-state index in [1.807, 2.05) is 18.2 Å². The first kappa shape index (κ1) is 18.3. The Bertz CT molecular complexity index is 1010. The van der Waals surface area contributed by atoms with Crippen LogP contribution < -0.4 is 9.46 Å². The van der Waals surface area contributed by atoms with Crippen LogP contribution in [0.4, 0.5) is 0 Å². The van der Waals surface area contributed by atoms with Crippen LogP contribution in [-0.2, 0) is 16.6 Å². The summed E-state index contributed by atoms with van der Waals surface area (Å²) in [4.78, 5) is 8.34. The van der Waals surface area contributed by atoms with E-state index in [1.165, 1.54) is 19.2 Å². The molecule has 0 saturated heterocycles. The maximum absolute atomic E-state index is 12.7. The van der Waals surface area contributed by atoms with Gasteiger partial charge >= 0.3 is 0 Å². The Labute approximate surface area is 156 Å². The van der Waals surface area contributed by atoms with Crippen molar-refractivity contribution in [1.29, 1.82) is 0 Å². The molecule has 0 aliphatic rings. The van der Waals surface area contributed by atoms with Crippen LogP contribution in [-0.4, -0.2) is 25.5 Å². The topological polar surface area (TPSA) is 81.2 Å². The second-order valence-corrected chi connectivity index (χ2v) is 7.54. The number of aromatic nitrogens is 2. The summed E-state index contributed by atoms with van der Waals surface area (Å²) in [7, 11) is -2.41. The fourth-order valence-electron chi connectivity index (χ4n) is 2.46. The van der Waals surface area contributed by atoms with Crippen molar-refractivity contribution >= 4 is 21.6 Å². The Morgan fingerprint density at radius 1 is 1.12 bits per heavy atom. The Balaban J connectivity index is 1.89. The molecule has 2 heterocycles. The lowest BCUT2D eigenvalue weighted by molar-refractivity contribution is 0.402. The Morgan fingerprint density at radius 2 is 1.88 bits per heavy atom. The fraction of sp³-hybridized carbons (Fsp3) is 0.111. The lowest BCUT2D eigenvalue weighted by Crippen LogP contribution is -2.24. The maximum atomic E-state index is 12.7. The smallest absolute Gasteiger partial charge is 0.244 e. The minimum atomic E-state index is -3.82. The van der Waals surface area contributed by atoms with Gasteiger partial charge in [-0.1, -0.05) is 17.7 Å². The van der Waals surface area contributed by atoms with Gasteiger partial charge in [-0.15, -0.1) is 0 Å². The number of hydrogen-bond donors (Lipinski definition) is 1. The summed E-state index contributed by atoms with van der Waals surface area (Å²) in [6, 6.07) is 11.7. The molecule has 0 bridgehead atoms. The minimum absolute atomic E-state index is 0.0122. The van der Waals surface area contributed by atoms with Gasteiger partial charge in [-0.3, -0.25) is 9.97 Å². The second-order valence-electron chi connectivity index (χ2n) is 5.37. The van der Waals surface area contributed by atoms with Gasteiger partial charge in [0.1, 0.15) is 10.6 Å². The number of nitrogens with zero attached hydrogens (tertiary/aromatic N) is 2. The summed E-state index contributed by atoms with van der Waals surface area (Å²) in [6.07, 6.45) is 4.98. The summed E-state index contributed by atoms with van der Waals surface area (Å²) in [5.41, 5.74) is 2.29. The molecule has 2 aromatic heterocycles. The van der Waals surface area contributed by atoms with Crippen LogP contribution in [0.25, 0.3) is 11.3 Å². The molecule has 0 radical (unpaired) electrons. The van der Waals surface area contributed by atoms with E-state index in [2.05, 4.69) is 14.7 Å².